The molecule has 0 spiro atoms. The minimum Gasteiger partial charge on any atom is -0.367 e. The van der Waals surface area contributed by atoms with Crippen molar-refractivity contribution in [3.05, 3.63) is 29.3 Å². The zero-order valence-electron chi connectivity index (χ0n) is 11.7. The molecule has 1 fully saturated rings. The van der Waals surface area contributed by atoms with Gasteiger partial charge in [0.05, 0.1) is 11.3 Å². The van der Waals surface area contributed by atoms with E-state index < -0.39 is 0 Å². The lowest BCUT2D eigenvalue weighted by Gasteiger charge is -2.32. The molecule has 1 aromatic carbocycles. The molecule has 1 aliphatic rings. The van der Waals surface area contributed by atoms with Gasteiger partial charge in [-0.15, -0.1) is 0 Å². The quantitative estimate of drug-likeness (QED) is 0.904. The summed E-state index contributed by atoms with van der Waals surface area (Å²) in [5.41, 5.74) is 8.55. The fraction of sp³-hybridized carbons (Fsp3) is 0.562. The van der Waals surface area contributed by atoms with Crippen LogP contribution in [-0.4, -0.2) is 12.6 Å². The maximum Gasteiger partial charge on any atom is 0.101 e. The van der Waals surface area contributed by atoms with Crippen molar-refractivity contribution in [3.8, 4) is 6.07 Å². The number of nitrogens with two attached hydrogens (primary N) is 1. The van der Waals surface area contributed by atoms with Crippen molar-refractivity contribution in [2.75, 3.05) is 11.4 Å². The first-order valence-electron chi connectivity index (χ1n) is 7.30. The van der Waals surface area contributed by atoms with Crippen LogP contribution in [0.4, 0.5) is 5.69 Å². The molecule has 0 radical (unpaired) electrons. The van der Waals surface area contributed by atoms with E-state index in [2.05, 4.69) is 24.0 Å². The first kappa shape index (κ1) is 13.9. The molecule has 102 valence electrons. The third kappa shape index (κ3) is 3.08. The number of nitrogens with zero attached hydrogens (tertiary/aromatic N) is 2. The predicted molar refractivity (Wildman–Crippen MR) is 78.9 cm³/mol. The molecule has 2 N–H and O–H groups in total. The van der Waals surface area contributed by atoms with Gasteiger partial charge in [-0.05, 0) is 37.0 Å². The smallest absolute Gasteiger partial charge is 0.101 e. The van der Waals surface area contributed by atoms with Gasteiger partial charge in [-0.3, -0.25) is 0 Å². The van der Waals surface area contributed by atoms with Crippen molar-refractivity contribution < 1.29 is 0 Å². The molecule has 1 aliphatic heterocycles. The summed E-state index contributed by atoms with van der Waals surface area (Å²) in [4.78, 5) is 2.44. The Morgan fingerprint density at radius 2 is 2.21 bits per heavy atom. The number of hydrogen-bond donors (Lipinski definition) is 1. The largest absolute Gasteiger partial charge is 0.367 e. The van der Waals surface area contributed by atoms with Gasteiger partial charge in [-0.25, -0.2) is 0 Å². The van der Waals surface area contributed by atoms with Crippen LogP contribution in [0.1, 0.15) is 50.2 Å². The van der Waals surface area contributed by atoms with Gasteiger partial charge in [-0.1, -0.05) is 25.8 Å². The zero-order valence-corrected chi connectivity index (χ0v) is 11.7. The van der Waals surface area contributed by atoms with Crippen LogP contribution in [0.25, 0.3) is 0 Å². The van der Waals surface area contributed by atoms with Crippen LogP contribution < -0.4 is 10.6 Å². The van der Waals surface area contributed by atoms with Gasteiger partial charge in [0, 0.05) is 19.1 Å². The molecule has 0 bridgehead atoms. The molecular formula is C16H23N3. The summed E-state index contributed by atoms with van der Waals surface area (Å²) in [6.07, 6.45) is 6.21. The number of benzene rings is 1. The number of rotatable bonds is 3. The molecule has 1 unspecified atom stereocenters. The second-order valence-corrected chi connectivity index (χ2v) is 5.27. The molecule has 0 saturated carbocycles. The molecule has 1 atom stereocenters. The Labute approximate surface area is 116 Å². The van der Waals surface area contributed by atoms with E-state index in [1.807, 2.05) is 12.1 Å². The highest BCUT2D eigenvalue weighted by atomic mass is 15.2. The topological polar surface area (TPSA) is 53.0 Å². The predicted octanol–water partition coefficient (Wildman–Crippen LogP) is 3.18. The Morgan fingerprint density at radius 3 is 2.89 bits per heavy atom. The van der Waals surface area contributed by atoms with E-state index in [1.54, 1.807) is 0 Å². The summed E-state index contributed by atoms with van der Waals surface area (Å²) in [6.45, 7) is 3.80. The highest BCUT2D eigenvalue weighted by Crippen LogP contribution is 2.29. The van der Waals surface area contributed by atoms with Crippen LogP contribution in [0.5, 0.6) is 0 Å². The van der Waals surface area contributed by atoms with Crippen molar-refractivity contribution >= 4 is 5.69 Å². The number of hydrogen-bond acceptors (Lipinski definition) is 3. The normalized spacial score (nSPS) is 19.8. The van der Waals surface area contributed by atoms with Crippen LogP contribution in [0.3, 0.4) is 0 Å². The van der Waals surface area contributed by atoms with E-state index in [4.69, 9.17) is 5.73 Å². The fourth-order valence-corrected chi connectivity index (χ4v) is 2.97. The van der Waals surface area contributed by atoms with E-state index in [0.717, 1.165) is 29.8 Å². The molecule has 1 saturated heterocycles. The molecule has 1 aromatic rings. The van der Waals surface area contributed by atoms with Crippen LogP contribution >= 0.6 is 0 Å². The molecule has 0 aromatic heterocycles. The number of anilines is 1. The third-order valence-corrected chi connectivity index (χ3v) is 4.07. The van der Waals surface area contributed by atoms with Crippen molar-refractivity contribution in [3.63, 3.8) is 0 Å². The minimum absolute atomic E-state index is 0.492. The lowest BCUT2D eigenvalue weighted by atomic mass is 10.0. The van der Waals surface area contributed by atoms with Gasteiger partial charge in [0.2, 0.25) is 0 Å². The third-order valence-electron chi connectivity index (χ3n) is 4.07. The standard InChI is InChI=1S/C16H23N3/c1-2-15-6-4-3-5-9-19(15)16-8-7-13(11-17)10-14(16)12-18/h7-8,10,15H,2-6,9,11,17H2,1H3. The molecule has 0 amide bonds. The van der Waals surface area contributed by atoms with Crippen LogP contribution in [0.15, 0.2) is 18.2 Å². The molecule has 19 heavy (non-hydrogen) atoms. The van der Waals surface area contributed by atoms with E-state index in [1.165, 1.54) is 25.7 Å². The molecule has 0 aliphatic carbocycles. The summed E-state index contributed by atoms with van der Waals surface area (Å²) in [5, 5.41) is 9.38. The maximum atomic E-state index is 9.38. The molecule has 1 heterocycles. The average molecular weight is 257 g/mol. The Bertz CT molecular complexity index is 462. The lowest BCUT2D eigenvalue weighted by molar-refractivity contribution is 0.556. The SMILES string of the molecule is CCC1CCCCCN1c1ccc(CN)cc1C#N. The fourth-order valence-electron chi connectivity index (χ4n) is 2.97. The Kier molecular flexibility index (Phi) is 4.81. The first-order chi connectivity index (χ1) is 9.30. The highest BCUT2D eigenvalue weighted by molar-refractivity contribution is 5.61. The van der Waals surface area contributed by atoms with E-state index in [9.17, 15) is 5.26 Å². The van der Waals surface area contributed by atoms with Gasteiger partial charge in [0.25, 0.3) is 0 Å². The van der Waals surface area contributed by atoms with Crippen molar-refractivity contribution in [1.82, 2.24) is 0 Å². The summed E-state index contributed by atoms with van der Waals surface area (Å²) in [6, 6.07) is 8.97. The molecule has 3 nitrogen and oxygen atoms in total. The second-order valence-electron chi connectivity index (χ2n) is 5.27. The Hall–Kier alpha value is -1.53. The molecule has 3 heteroatoms. The van der Waals surface area contributed by atoms with Crippen molar-refractivity contribution in [2.24, 2.45) is 5.73 Å². The summed E-state index contributed by atoms with van der Waals surface area (Å²) < 4.78 is 0. The van der Waals surface area contributed by atoms with Crippen LogP contribution in [-0.2, 0) is 6.54 Å². The van der Waals surface area contributed by atoms with Gasteiger partial charge in [-0.2, -0.15) is 5.26 Å². The monoisotopic (exact) mass is 257 g/mol. The van der Waals surface area contributed by atoms with Gasteiger partial charge >= 0.3 is 0 Å². The molecular weight excluding hydrogens is 234 g/mol. The average Bonchev–Trinajstić information content (AvgIpc) is 2.71. The highest BCUT2D eigenvalue weighted by Gasteiger charge is 2.21. The van der Waals surface area contributed by atoms with Gasteiger partial charge < -0.3 is 10.6 Å². The Balaban J connectivity index is 2.35. The molecule has 2 rings (SSSR count). The maximum absolute atomic E-state index is 9.38. The van der Waals surface area contributed by atoms with Crippen LogP contribution in [0, 0.1) is 11.3 Å². The van der Waals surface area contributed by atoms with E-state index in [0.29, 0.717) is 12.6 Å². The van der Waals surface area contributed by atoms with Crippen LogP contribution in [0.2, 0.25) is 0 Å². The Morgan fingerprint density at radius 1 is 1.37 bits per heavy atom. The number of nitriles is 1. The minimum atomic E-state index is 0.492. The zero-order chi connectivity index (χ0) is 13.7. The van der Waals surface area contributed by atoms with Gasteiger partial charge in [0.15, 0.2) is 0 Å². The van der Waals surface area contributed by atoms with E-state index >= 15 is 0 Å². The first-order valence-corrected chi connectivity index (χ1v) is 7.30. The van der Waals surface area contributed by atoms with Crippen molar-refractivity contribution in [1.29, 1.82) is 5.26 Å². The van der Waals surface area contributed by atoms with E-state index in [-0.39, 0.29) is 0 Å². The second kappa shape index (κ2) is 6.58. The van der Waals surface area contributed by atoms with Gasteiger partial charge in [0.1, 0.15) is 6.07 Å². The summed E-state index contributed by atoms with van der Waals surface area (Å²) in [5.74, 6) is 0. The summed E-state index contributed by atoms with van der Waals surface area (Å²) >= 11 is 0. The summed E-state index contributed by atoms with van der Waals surface area (Å²) in [7, 11) is 0. The lowest BCUT2D eigenvalue weighted by Crippen LogP contribution is -2.34. The van der Waals surface area contributed by atoms with Crippen molar-refractivity contribution in [2.45, 2.75) is 51.6 Å².